The summed E-state index contributed by atoms with van der Waals surface area (Å²) < 4.78 is 5.12. The molecule has 126 valence electrons. The number of thiophene rings is 1. The Labute approximate surface area is 145 Å². The maximum atomic E-state index is 12.0. The Bertz CT molecular complexity index is 702. The minimum atomic E-state index is -0.402. The van der Waals surface area contributed by atoms with Crippen molar-refractivity contribution in [3.05, 3.63) is 57.3 Å². The van der Waals surface area contributed by atoms with Gasteiger partial charge < -0.3 is 10.1 Å². The Balaban J connectivity index is 1.42. The third kappa shape index (κ3) is 4.03. The number of fused-ring (bicyclic) bond motifs is 1. The average Bonchev–Trinajstić information content (AvgIpc) is 3.20. The molecule has 0 aliphatic heterocycles. The van der Waals surface area contributed by atoms with E-state index >= 15 is 0 Å². The minimum Gasteiger partial charge on any atom is -0.451 e. The van der Waals surface area contributed by atoms with E-state index in [9.17, 15) is 9.59 Å². The number of amides is 1. The number of carbonyl (C=O) groups excluding carboxylic acids is 2. The fraction of sp³-hybridized carbons (Fsp3) is 0.368. The van der Waals surface area contributed by atoms with Crippen LogP contribution in [0.1, 0.15) is 44.9 Å². The van der Waals surface area contributed by atoms with Crippen molar-refractivity contribution >= 4 is 23.2 Å². The van der Waals surface area contributed by atoms with Gasteiger partial charge in [-0.15, -0.1) is 11.3 Å². The normalized spacial score (nSPS) is 14.0. The number of ether oxygens (including phenoxy) is 1. The van der Waals surface area contributed by atoms with Crippen LogP contribution < -0.4 is 5.32 Å². The number of rotatable bonds is 6. The summed E-state index contributed by atoms with van der Waals surface area (Å²) in [7, 11) is 0. The van der Waals surface area contributed by atoms with E-state index < -0.39 is 5.97 Å². The number of carbonyl (C=O) groups is 2. The Morgan fingerprint density at radius 2 is 2.04 bits per heavy atom. The molecule has 4 nitrogen and oxygen atoms in total. The van der Waals surface area contributed by atoms with E-state index in [-0.39, 0.29) is 18.4 Å². The van der Waals surface area contributed by atoms with Crippen LogP contribution in [-0.2, 0) is 22.4 Å². The summed E-state index contributed by atoms with van der Waals surface area (Å²) in [5.41, 5.74) is 2.43. The largest absolute Gasteiger partial charge is 0.451 e. The van der Waals surface area contributed by atoms with Gasteiger partial charge in [0.2, 0.25) is 0 Å². The zero-order valence-corrected chi connectivity index (χ0v) is 14.5. The smallest absolute Gasteiger partial charge is 0.348 e. The Kier molecular flexibility index (Phi) is 5.30. The molecule has 1 amide bonds. The number of benzene rings is 1. The molecule has 1 aliphatic carbocycles. The average molecular weight is 343 g/mol. The highest BCUT2D eigenvalue weighted by Crippen LogP contribution is 2.30. The Hall–Kier alpha value is -2.14. The number of esters is 1. The third-order valence-electron chi connectivity index (χ3n) is 4.26. The van der Waals surface area contributed by atoms with Crippen molar-refractivity contribution in [2.24, 2.45) is 0 Å². The summed E-state index contributed by atoms with van der Waals surface area (Å²) in [6.45, 7) is 2.34. The summed E-state index contributed by atoms with van der Waals surface area (Å²) in [4.78, 5) is 25.8. The number of nitrogens with one attached hydrogen (secondary N) is 1. The first-order chi connectivity index (χ1) is 11.6. The number of hydrogen-bond acceptors (Lipinski definition) is 4. The quantitative estimate of drug-likeness (QED) is 0.819. The SMILES string of the molecule is C[C@@H](CNC(=O)COC(=O)c1cc2c(s1)CCC2)c1ccccc1. The Morgan fingerprint density at radius 1 is 1.25 bits per heavy atom. The standard InChI is InChI=1S/C19H21NO3S/c1-13(14-6-3-2-4-7-14)11-20-18(21)12-23-19(22)17-10-15-8-5-9-16(15)24-17/h2-4,6-7,10,13H,5,8-9,11-12H2,1H3,(H,20,21)/t13-/m0/s1. The second-order valence-corrected chi connectivity index (χ2v) is 7.24. The van der Waals surface area contributed by atoms with E-state index in [4.69, 9.17) is 4.74 Å². The predicted molar refractivity (Wildman–Crippen MR) is 94.5 cm³/mol. The van der Waals surface area contributed by atoms with Crippen LogP contribution in [0.5, 0.6) is 0 Å². The summed E-state index contributed by atoms with van der Waals surface area (Å²) in [5, 5.41) is 2.81. The van der Waals surface area contributed by atoms with Gasteiger partial charge in [0.05, 0.1) is 0 Å². The first-order valence-electron chi connectivity index (χ1n) is 8.24. The lowest BCUT2D eigenvalue weighted by Gasteiger charge is -2.13. The molecular formula is C19H21NO3S. The molecule has 1 heterocycles. The summed E-state index contributed by atoms with van der Waals surface area (Å²) in [6.07, 6.45) is 3.25. The van der Waals surface area contributed by atoms with Crippen LogP contribution in [-0.4, -0.2) is 25.0 Å². The van der Waals surface area contributed by atoms with Gasteiger partial charge in [-0.2, -0.15) is 0 Å². The first kappa shape index (κ1) is 16.7. The van der Waals surface area contributed by atoms with E-state index in [2.05, 4.69) is 12.2 Å². The molecule has 5 heteroatoms. The molecule has 24 heavy (non-hydrogen) atoms. The third-order valence-corrected chi connectivity index (χ3v) is 5.47. The molecule has 0 saturated heterocycles. The van der Waals surface area contributed by atoms with E-state index in [1.54, 1.807) is 0 Å². The molecule has 3 rings (SSSR count). The molecule has 1 aromatic heterocycles. The van der Waals surface area contributed by atoms with Gasteiger partial charge in [-0.25, -0.2) is 4.79 Å². The van der Waals surface area contributed by atoms with Crippen LogP contribution in [0.3, 0.4) is 0 Å². The Morgan fingerprint density at radius 3 is 2.79 bits per heavy atom. The molecule has 0 spiro atoms. The number of aryl methyl sites for hydroxylation is 2. The maximum absolute atomic E-state index is 12.0. The van der Waals surface area contributed by atoms with Gasteiger partial charge in [-0.3, -0.25) is 4.79 Å². The van der Waals surface area contributed by atoms with Crippen molar-refractivity contribution in [1.82, 2.24) is 5.32 Å². The molecule has 0 unspecified atom stereocenters. The summed E-state index contributed by atoms with van der Waals surface area (Å²) >= 11 is 1.49. The zero-order chi connectivity index (χ0) is 16.9. The number of hydrogen-bond donors (Lipinski definition) is 1. The zero-order valence-electron chi connectivity index (χ0n) is 13.7. The highest BCUT2D eigenvalue weighted by molar-refractivity contribution is 7.14. The minimum absolute atomic E-state index is 0.214. The van der Waals surface area contributed by atoms with Gasteiger partial charge in [0.15, 0.2) is 6.61 Å². The van der Waals surface area contributed by atoms with Crippen molar-refractivity contribution in [2.45, 2.75) is 32.1 Å². The van der Waals surface area contributed by atoms with Crippen molar-refractivity contribution in [1.29, 1.82) is 0 Å². The summed E-state index contributed by atoms with van der Waals surface area (Å²) in [6, 6.07) is 11.9. The van der Waals surface area contributed by atoms with Crippen molar-refractivity contribution in [3.63, 3.8) is 0 Å². The second-order valence-electron chi connectivity index (χ2n) is 6.10. The topological polar surface area (TPSA) is 55.4 Å². The molecule has 0 radical (unpaired) electrons. The lowest BCUT2D eigenvalue weighted by atomic mass is 10.0. The van der Waals surface area contributed by atoms with E-state index in [1.807, 2.05) is 36.4 Å². The molecule has 1 aromatic carbocycles. The van der Waals surface area contributed by atoms with Crippen LogP contribution >= 0.6 is 11.3 Å². The lowest BCUT2D eigenvalue weighted by molar-refractivity contribution is -0.124. The van der Waals surface area contributed by atoms with Crippen molar-refractivity contribution < 1.29 is 14.3 Å². The van der Waals surface area contributed by atoms with Gasteiger partial charge in [-0.05, 0) is 42.4 Å². The highest BCUT2D eigenvalue weighted by atomic mass is 32.1. The molecule has 2 aromatic rings. The van der Waals surface area contributed by atoms with Gasteiger partial charge in [0.1, 0.15) is 4.88 Å². The van der Waals surface area contributed by atoms with E-state index in [0.29, 0.717) is 11.4 Å². The summed E-state index contributed by atoms with van der Waals surface area (Å²) in [5.74, 6) is -0.456. The van der Waals surface area contributed by atoms with Crippen LogP contribution in [0.15, 0.2) is 36.4 Å². The van der Waals surface area contributed by atoms with Crippen LogP contribution in [0.25, 0.3) is 0 Å². The van der Waals surface area contributed by atoms with E-state index in [1.165, 1.54) is 33.8 Å². The van der Waals surface area contributed by atoms with Gasteiger partial charge >= 0.3 is 5.97 Å². The van der Waals surface area contributed by atoms with Gasteiger partial charge in [0.25, 0.3) is 5.91 Å². The molecule has 0 bridgehead atoms. The lowest BCUT2D eigenvalue weighted by Crippen LogP contribution is -2.31. The highest BCUT2D eigenvalue weighted by Gasteiger charge is 2.20. The van der Waals surface area contributed by atoms with Crippen molar-refractivity contribution in [2.75, 3.05) is 13.2 Å². The molecule has 1 aliphatic rings. The maximum Gasteiger partial charge on any atom is 0.348 e. The fourth-order valence-corrected chi connectivity index (χ4v) is 4.00. The van der Waals surface area contributed by atoms with E-state index in [0.717, 1.165) is 12.8 Å². The molecule has 1 N–H and O–H groups in total. The molecule has 0 fully saturated rings. The van der Waals surface area contributed by atoms with Crippen LogP contribution in [0.4, 0.5) is 0 Å². The van der Waals surface area contributed by atoms with Crippen molar-refractivity contribution in [3.8, 4) is 0 Å². The van der Waals surface area contributed by atoms with Crippen LogP contribution in [0, 0.1) is 0 Å². The first-order valence-corrected chi connectivity index (χ1v) is 9.05. The predicted octanol–water partition coefficient (Wildman–Crippen LogP) is 3.31. The van der Waals surface area contributed by atoms with Gasteiger partial charge in [0, 0.05) is 11.4 Å². The molecular weight excluding hydrogens is 322 g/mol. The second kappa shape index (κ2) is 7.62. The van der Waals surface area contributed by atoms with Crippen LogP contribution in [0.2, 0.25) is 0 Å². The molecule has 1 atom stereocenters. The molecule has 0 saturated carbocycles. The monoisotopic (exact) mass is 343 g/mol. The fourth-order valence-electron chi connectivity index (χ4n) is 2.85. The van der Waals surface area contributed by atoms with Gasteiger partial charge in [-0.1, -0.05) is 37.3 Å².